The third-order valence-electron chi connectivity index (χ3n) is 12.1. The van der Waals surface area contributed by atoms with E-state index in [1.54, 1.807) is 0 Å². The summed E-state index contributed by atoms with van der Waals surface area (Å²) in [7, 11) is 0. The second kappa shape index (κ2) is 60.8. The molecule has 0 aromatic heterocycles. The lowest BCUT2D eigenvalue weighted by molar-refractivity contribution is -0.167. The molecule has 0 amide bonds. The Morgan fingerprint density at radius 3 is 0.824 bits per heavy atom. The van der Waals surface area contributed by atoms with E-state index in [1.807, 2.05) is 0 Å². The van der Waals surface area contributed by atoms with Gasteiger partial charge in [0, 0.05) is 19.3 Å². The molecule has 0 rings (SSSR count). The molecule has 0 aliphatic rings. The molecule has 0 N–H and O–H groups in total. The molecule has 0 aliphatic carbocycles. The zero-order valence-corrected chi connectivity index (χ0v) is 47.5. The van der Waals surface area contributed by atoms with Crippen molar-refractivity contribution in [2.24, 2.45) is 0 Å². The number of hydrogen-bond acceptors (Lipinski definition) is 6. The molecule has 0 heterocycles. The van der Waals surface area contributed by atoms with Crippen molar-refractivity contribution in [3.05, 3.63) is 146 Å². The van der Waals surface area contributed by atoms with Crippen LogP contribution in [0.5, 0.6) is 0 Å². The van der Waals surface area contributed by atoms with Gasteiger partial charge in [-0.3, -0.25) is 14.4 Å². The van der Waals surface area contributed by atoms with Crippen molar-refractivity contribution in [3.63, 3.8) is 0 Å². The highest BCUT2D eigenvalue weighted by atomic mass is 16.6. The summed E-state index contributed by atoms with van der Waals surface area (Å²) in [5.74, 6) is -1.00. The van der Waals surface area contributed by atoms with Gasteiger partial charge in [-0.1, -0.05) is 250 Å². The fourth-order valence-electron chi connectivity index (χ4n) is 7.68. The molecule has 0 aliphatic heterocycles. The molecular formula is C68H108O6. The second-order valence-corrected chi connectivity index (χ2v) is 19.1. The SMILES string of the molecule is CC/C=C\C/C=C\C/C=C\C/C=C\C/C=C\C/C=C\C/C=C\C/C=C\CCCCC(=O)OCC(COC(=O)CCCCCCCCCCCCCCCC)OC(=O)CCCC/C=C\C/C=C\C/C=C\C/C=C\CC. The Labute approximate surface area is 455 Å². The van der Waals surface area contributed by atoms with E-state index in [9.17, 15) is 14.4 Å². The summed E-state index contributed by atoms with van der Waals surface area (Å²) in [5.41, 5.74) is 0. The lowest BCUT2D eigenvalue weighted by atomic mass is 10.0. The molecule has 0 spiro atoms. The normalized spacial score (nSPS) is 13.2. The van der Waals surface area contributed by atoms with E-state index < -0.39 is 6.10 Å². The molecule has 0 radical (unpaired) electrons. The minimum absolute atomic E-state index is 0.112. The van der Waals surface area contributed by atoms with Gasteiger partial charge in [-0.15, -0.1) is 0 Å². The summed E-state index contributed by atoms with van der Waals surface area (Å²) in [6, 6.07) is 0. The average molecular weight is 1020 g/mol. The van der Waals surface area contributed by atoms with Gasteiger partial charge in [-0.05, 0) is 122 Å². The molecule has 6 heteroatoms. The zero-order chi connectivity index (χ0) is 53.6. The third-order valence-corrected chi connectivity index (χ3v) is 12.1. The van der Waals surface area contributed by atoms with Gasteiger partial charge in [0.2, 0.25) is 0 Å². The van der Waals surface area contributed by atoms with Crippen molar-refractivity contribution in [2.45, 2.75) is 252 Å². The monoisotopic (exact) mass is 1020 g/mol. The minimum atomic E-state index is -0.823. The summed E-state index contributed by atoms with van der Waals surface area (Å²) >= 11 is 0. The number of allylic oxidation sites excluding steroid dienone is 24. The zero-order valence-electron chi connectivity index (χ0n) is 47.5. The van der Waals surface area contributed by atoms with Gasteiger partial charge >= 0.3 is 17.9 Å². The average Bonchev–Trinajstić information content (AvgIpc) is 3.40. The molecule has 1 atom stereocenters. The van der Waals surface area contributed by atoms with Crippen LogP contribution in [-0.4, -0.2) is 37.2 Å². The fraction of sp³-hybridized carbons (Fsp3) is 0.603. The van der Waals surface area contributed by atoms with Crippen molar-refractivity contribution in [3.8, 4) is 0 Å². The molecule has 0 saturated heterocycles. The predicted molar refractivity (Wildman–Crippen MR) is 320 cm³/mol. The molecule has 0 saturated carbocycles. The topological polar surface area (TPSA) is 78.9 Å². The van der Waals surface area contributed by atoms with Crippen molar-refractivity contribution < 1.29 is 28.6 Å². The summed E-state index contributed by atoms with van der Waals surface area (Å²) in [6.45, 7) is 6.33. The van der Waals surface area contributed by atoms with Crippen LogP contribution in [-0.2, 0) is 28.6 Å². The van der Waals surface area contributed by atoms with Crippen LogP contribution in [0.15, 0.2) is 146 Å². The van der Waals surface area contributed by atoms with Crippen LogP contribution >= 0.6 is 0 Å². The van der Waals surface area contributed by atoms with Gasteiger partial charge in [0.25, 0.3) is 0 Å². The quantitative estimate of drug-likeness (QED) is 0.0261. The van der Waals surface area contributed by atoms with Crippen LogP contribution in [0.3, 0.4) is 0 Å². The number of hydrogen-bond donors (Lipinski definition) is 0. The van der Waals surface area contributed by atoms with Gasteiger partial charge < -0.3 is 14.2 Å². The van der Waals surface area contributed by atoms with Gasteiger partial charge in [0.05, 0.1) is 0 Å². The van der Waals surface area contributed by atoms with Crippen molar-refractivity contribution in [2.75, 3.05) is 13.2 Å². The maximum absolute atomic E-state index is 12.8. The van der Waals surface area contributed by atoms with E-state index >= 15 is 0 Å². The molecule has 74 heavy (non-hydrogen) atoms. The summed E-state index contributed by atoms with van der Waals surface area (Å²) in [4.78, 5) is 38.2. The molecular weight excluding hydrogens is 913 g/mol. The van der Waals surface area contributed by atoms with E-state index in [0.717, 1.165) is 122 Å². The van der Waals surface area contributed by atoms with Crippen LogP contribution in [0.1, 0.15) is 245 Å². The maximum Gasteiger partial charge on any atom is 0.306 e. The first-order chi connectivity index (χ1) is 36.5. The number of unbranched alkanes of at least 4 members (excludes halogenated alkanes) is 17. The predicted octanol–water partition coefficient (Wildman–Crippen LogP) is 20.4. The van der Waals surface area contributed by atoms with Gasteiger partial charge in [-0.25, -0.2) is 0 Å². The van der Waals surface area contributed by atoms with Crippen LogP contribution in [0.2, 0.25) is 0 Å². The van der Waals surface area contributed by atoms with E-state index in [0.29, 0.717) is 19.3 Å². The Hall–Kier alpha value is -4.71. The highest BCUT2D eigenvalue weighted by molar-refractivity contribution is 5.71. The molecule has 0 fully saturated rings. The smallest absolute Gasteiger partial charge is 0.306 e. The Morgan fingerprint density at radius 1 is 0.284 bits per heavy atom. The number of carbonyl (C=O) groups excluding carboxylic acids is 3. The molecule has 1 unspecified atom stereocenters. The summed E-state index contributed by atoms with van der Waals surface area (Å²) in [6.07, 6.45) is 87.0. The number of esters is 3. The number of ether oxygens (including phenoxy) is 3. The van der Waals surface area contributed by atoms with Gasteiger partial charge in [0.1, 0.15) is 13.2 Å². The Bertz CT molecular complexity index is 1640. The lowest BCUT2D eigenvalue weighted by Gasteiger charge is -2.18. The van der Waals surface area contributed by atoms with Crippen molar-refractivity contribution >= 4 is 17.9 Å². The largest absolute Gasteiger partial charge is 0.462 e. The van der Waals surface area contributed by atoms with Crippen molar-refractivity contribution in [1.82, 2.24) is 0 Å². The van der Waals surface area contributed by atoms with E-state index in [1.165, 1.54) is 70.6 Å². The maximum atomic E-state index is 12.8. The van der Waals surface area contributed by atoms with E-state index in [2.05, 4.69) is 167 Å². The Morgan fingerprint density at radius 2 is 0.527 bits per heavy atom. The van der Waals surface area contributed by atoms with Gasteiger partial charge in [-0.2, -0.15) is 0 Å². The van der Waals surface area contributed by atoms with E-state index in [-0.39, 0.29) is 44.0 Å². The van der Waals surface area contributed by atoms with Crippen LogP contribution in [0, 0.1) is 0 Å². The number of rotatable bonds is 52. The van der Waals surface area contributed by atoms with Crippen LogP contribution in [0.4, 0.5) is 0 Å². The Kier molecular flexibility index (Phi) is 57.0. The minimum Gasteiger partial charge on any atom is -0.462 e. The first kappa shape index (κ1) is 69.3. The molecule has 0 aromatic carbocycles. The molecule has 6 nitrogen and oxygen atoms in total. The lowest BCUT2D eigenvalue weighted by Crippen LogP contribution is -2.30. The third kappa shape index (κ3) is 58.2. The fourth-order valence-corrected chi connectivity index (χ4v) is 7.68. The van der Waals surface area contributed by atoms with Gasteiger partial charge in [0.15, 0.2) is 6.10 Å². The Balaban J connectivity index is 4.48. The first-order valence-corrected chi connectivity index (χ1v) is 29.8. The van der Waals surface area contributed by atoms with E-state index in [4.69, 9.17) is 14.2 Å². The summed E-state index contributed by atoms with van der Waals surface area (Å²) < 4.78 is 16.8. The summed E-state index contributed by atoms with van der Waals surface area (Å²) in [5, 5.41) is 0. The highest BCUT2D eigenvalue weighted by Gasteiger charge is 2.19. The second-order valence-electron chi connectivity index (χ2n) is 19.1. The molecule has 0 bridgehead atoms. The first-order valence-electron chi connectivity index (χ1n) is 29.8. The molecule has 416 valence electrons. The highest BCUT2D eigenvalue weighted by Crippen LogP contribution is 2.14. The van der Waals surface area contributed by atoms with Crippen molar-refractivity contribution in [1.29, 1.82) is 0 Å². The van der Waals surface area contributed by atoms with Crippen LogP contribution in [0.25, 0.3) is 0 Å². The standard InChI is InChI=1S/C68H108O6/c1-4-7-10-13-16-19-22-25-28-29-30-31-32-33-34-35-36-37-38-39-41-43-46-49-52-55-58-61-67(70)73-64-65(63-72-66(69)60-57-54-51-48-45-42-27-24-21-18-15-12-9-6-3)74-68(71)62-59-56-53-50-47-44-40-26-23-20-17-14-11-8-5-2/h7-8,10-11,16-17,19-20,25-26,28,30-31,33-34,36-37,39-41,46-47,49-50,65H,4-6,9,12-15,18,21-24,27,29,32,35,38,42-45,48,51-64H2,1-3H3/b10-7-,11-8-,19-16-,20-17-,28-25-,31-30-,34-33-,37-36-,40-26-,41-39-,49-46-,50-47-. The van der Waals surface area contributed by atoms with Crippen LogP contribution < -0.4 is 0 Å². The molecule has 0 aromatic rings. The number of carbonyl (C=O) groups is 3.